The molecule has 3 heteroatoms. The van der Waals surface area contributed by atoms with E-state index in [1.54, 1.807) is 6.92 Å². The Morgan fingerprint density at radius 2 is 1.58 bits per heavy atom. The summed E-state index contributed by atoms with van der Waals surface area (Å²) in [6, 6.07) is 0. The molecule has 3 unspecified atom stereocenters. The summed E-state index contributed by atoms with van der Waals surface area (Å²) in [6.45, 7) is 9.41. The van der Waals surface area contributed by atoms with Crippen LogP contribution in [0.15, 0.2) is 0 Å². The summed E-state index contributed by atoms with van der Waals surface area (Å²) in [7, 11) is 0. The monoisotopic (exact) mass is 274 g/mol. The van der Waals surface area contributed by atoms with Gasteiger partial charge in [-0.05, 0) is 26.7 Å². The van der Waals surface area contributed by atoms with Crippen LogP contribution in [0.4, 0.5) is 0 Å². The van der Waals surface area contributed by atoms with Crippen molar-refractivity contribution in [3.63, 3.8) is 0 Å². The second-order valence-electron chi connectivity index (χ2n) is 5.50. The number of aliphatic hydroxyl groups is 1. The van der Waals surface area contributed by atoms with E-state index >= 15 is 0 Å². The standard InChI is InChI=1S/C16H34O3/c1-5-7-9-10-11-16(18-12-8-6-2)15(4)19-13-14(3)17/h14-17H,5-13H2,1-4H3. The topological polar surface area (TPSA) is 38.7 Å². The molecule has 0 aliphatic carbocycles. The molecule has 0 fully saturated rings. The molecule has 0 saturated carbocycles. The van der Waals surface area contributed by atoms with Gasteiger partial charge in [0.15, 0.2) is 0 Å². The number of hydrogen-bond donors (Lipinski definition) is 1. The summed E-state index contributed by atoms with van der Waals surface area (Å²) in [6.07, 6.45) is 8.18. The van der Waals surface area contributed by atoms with Crippen LogP contribution in [0.5, 0.6) is 0 Å². The van der Waals surface area contributed by atoms with E-state index in [0.717, 1.165) is 25.9 Å². The van der Waals surface area contributed by atoms with Crippen molar-refractivity contribution in [1.29, 1.82) is 0 Å². The van der Waals surface area contributed by atoms with Gasteiger partial charge in [0.2, 0.25) is 0 Å². The molecule has 0 heterocycles. The van der Waals surface area contributed by atoms with Crippen LogP contribution in [0.1, 0.15) is 72.6 Å². The Labute approximate surface area is 119 Å². The maximum atomic E-state index is 9.28. The van der Waals surface area contributed by atoms with E-state index in [2.05, 4.69) is 20.8 Å². The molecule has 0 aromatic rings. The quantitative estimate of drug-likeness (QED) is 0.517. The van der Waals surface area contributed by atoms with Crippen molar-refractivity contribution in [3.05, 3.63) is 0 Å². The fraction of sp³-hybridized carbons (Fsp3) is 1.00. The largest absolute Gasteiger partial charge is 0.391 e. The molecule has 0 radical (unpaired) electrons. The second kappa shape index (κ2) is 12.9. The molecule has 1 N–H and O–H groups in total. The lowest BCUT2D eigenvalue weighted by molar-refractivity contribution is -0.0857. The Kier molecular flexibility index (Phi) is 12.8. The fourth-order valence-electron chi connectivity index (χ4n) is 2.00. The van der Waals surface area contributed by atoms with Gasteiger partial charge in [-0.15, -0.1) is 0 Å². The molecule has 0 bridgehead atoms. The molecule has 0 aliphatic heterocycles. The van der Waals surface area contributed by atoms with Crippen LogP contribution in [0, 0.1) is 0 Å². The molecular weight excluding hydrogens is 240 g/mol. The highest BCUT2D eigenvalue weighted by atomic mass is 16.5. The molecule has 19 heavy (non-hydrogen) atoms. The molecule has 0 rings (SSSR count). The van der Waals surface area contributed by atoms with Gasteiger partial charge in [0.25, 0.3) is 0 Å². The normalized spacial score (nSPS) is 16.3. The highest BCUT2D eigenvalue weighted by Gasteiger charge is 2.18. The van der Waals surface area contributed by atoms with Crippen LogP contribution in [-0.4, -0.2) is 36.6 Å². The third-order valence-electron chi connectivity index (χ3n) is 3.30. The van der Waals surface area contributed by atoms with Gasteiger partial charge in [0.1, 0.15) is 0 Å². The van der Waals surface area contributed by atoms with Gasteiger partial charge in [0, 0.05) is 6.61 Å². The maximum absolute atomic E-state index is 9.28. The van der Waals surface area contributed by atoms with E-state index in [1.165, 1.54) is 25.7 Å². The number of rotatable bonds is 13. The van der Waals surface area contributed by atoms with E-state index in [1.807, 2.05) is 0 Å². The minimum atomic E-state index is -0.404. The summed E-state index contributed by atoms with van der Waals surface area (Å²) >= 11 is 0. The molecule has 0 saturated heterocycles. The van der Waals surface area contributed by atoms with Gasteiger partial charge < -0.3 is 14.6 Å². The number of aliphatic hydroxyl groups excluding tert-OH is 1. The lowest BCUT2D eigenvalue weighted by Gasteiger charge is -2.25. The zero-order valence-corrected chi connectivity index (χ0v) is 13.4. The first kappa shape index (κ1) is 18.9. The fourth-order valence-corrected chi connectivity index (χ4v) is 2.00. The zero-order chi connectivity index (χ0) is 14.5. The molecule has 3 atom stereocenters. The maximum Gasteiger partial charge on any atom is 0.0833 e. The lowest BCUT2D eigenvalue weighted by Crippen LogP contribution is -2.31. The molecule has 0 aliphatic rings. The zero-order valence-electron chi connectivity index (χ0n) is 13.4. The average Bonchev–Trinajstić information content (AvgIpc) is 2.39. The van der Waals surface area contributed by atoms with Gasteiger partial charge in [-0.1, -0.05) is 46.0 Å². The van der Waals surface area contributed by atoms with Crippen molar-refractivity contribution < 1.29 is 14.6 Å². The van der Waals surface area contributed by atoms with Crippen molar-refractivity contribution in [2.24, 2.45) is 0 Å². The highest BCUT2D eigenvalue weighted by Crippen LogP contribution is 2.15. The van der Waals surface area contributed by atoms with E-state index in [4.69, 9.17) is 9.47 Å². The predicted molar refractivity (Wildman–Crippen MR) is 80.5 cm³/mol. The third-order valence-corrected chi connectivity index (χ3v) is 3.30. The van der Waals surface area contributed by atoms with Crippen molar-refractivity contribution >= 4 is 0 Å². The number of hydrogen-bond acceptors (Lipinski definition) is 3. The van der Waals surface area contributed by atoms with E-state index in [0.29, 0.717) is 6.61 Å². The molecule has 0 spiro atoms. The number of ether oxygens (including phenoxy) is 2. The van der Waals surface area contributed by atoms with Crippen molar-refractivity contribution in [3.8, 4) is 0 Å². The first-order valence-electron chi connectivity index (χ1n) is 8.03. The molecule has 0 amide bonds. The summed E-state index contributed by atoms with van der Waals surface area (Å²) in [5.74, 6) is 0. The molecular formula is C16H34O3. The van der Waals surface area contributed by atoms with Crippen LogP contribution in [0.25, 0.3) is 0 Å². The Bertz CT molecular complexity index is 183. The summed E-state index contributed by atoms with van der Waals surface area (Å²) in [4.78, 5) is 0. The van der Waals surface area contributed by atoms with Crippen LogP contribution in [0.2, 0.25) is 0 Å². The smallest absolute Gasteiger partial charge is 0.0833 e. The molecule has 3 nitrogen and oxygen atoms in total. The van der Waals surface area contributed by atoms with Crippen molar-refractivity contribution in [1.82, 2.24) is 0 Å². The van der Waals surface area contributed by atoms with E-state index in [9.17, 15) is 5.11 Å². The Balaban J connectivity index is 3.99. The first-order chi connectivity index (χ1) is 9.11. The summed E-state index contributed by atoms with van der Waals surface area (Å²) in [5.41, 5.74) is 0. The minimum Gasteiger partial charge on any atom is -0.391 e. The predicted octanol–water partition coefficient (Wildman–Crippen LogP) is 3.93. The van der Waals surface area contributed by atoms with Crippen LogP contribution < -0.4 is 0 Å². The van der Waals surface area contributed by atoms with Crippen molar-refractivity contribution in [2.45, 2.75) is 91.0 Å². The first-order valence-corrected chi connectivity index (χ1v) is 8.03. The van der Waals surface area contributed by atoms with Gasteiger partial charge in [-0.2, -0.15) is 0 Å². The third kappa shape index (κ3) is 11.4. The number of unbranched alkanes of at least 4 members (excludes halogenated alkanes) is 4. The summed E-state index contributed by atoms with van der Waals surface area (Å²) in [5, 5.41) is 9.28. The Hall–Kier alpha value is -0.120. The average molecular weight is 274 g/mol. The molecule has 116 valence electrons. The van der Waals surface area contributed by atoms with Crippen LogP contribution in [0.3, 0.4) is 0 Å². The SMILES string of the molecule is CCCCCCC(OCCCC)C(C)OCC(C)O. The van der Waals surface area contributed by atoms with E-state index < -0.39 is 6.10 Å². The van der Waals surface area contributed by atoms with Gasteiger partial charge in [0.05, 0.1) is 24.9 Å². The van der Waals surface area contributed by atoms with Gasteiger partial charge in [-0.3, -0.25) is 0 Å². The Morgan fingerprint density at radius 3 is 2.16 bits per heavy atom. The minimum absolute atomic E-state index is 0.0630. The second-order valence-corrected chi connectivity index (χ2v) is 5.50. The lowest BCUT2D eigenvalue weighted by atomic mass is 10.1. The van der Waals surface area contributed by atoms with E-state index in [-0.39, 0.29) is 12.2 Å². The molecule has 0 aromatic heterocycles. The van der Waals surface area contributed by atoms with Gasteiger partial charge >= 0.3 is 0 Å². The Morgan fingerprint density at radius 1 is 0.895 bits per heavy atom. The van der Waals surface area contributed by atoms with Crippen LogP contribution >= 0.6 is 0 Å². The molecule has 0 aromatic carbocycles. The summed E-state index contributed by atoms with van der Waals surface area (Å²) < 4.78 is 11.6. The van der Waals surface area contributed by atoms with Crippen molar-refractivity contribution in [2.75, 3.05) is 13.2 Å². The van der Waals surface area contributed by atoms with Gasteiger partial charge in [-0.25, -0.2) is 0 Å². The van der Waals surface area contributed by atoms with Crippen LogP contribution in [-0.2, 0) is 9.47 Å². The highest BCUT2D eigenvalue weighted by molar-refractivity contribution is 4.67.